The lowest BCUT2D eigenvalue weighted by Gasteiger charge is -2.22. The van der Waals surface area contributed by atoms with Crippen molar-refractivity contribution in [2.24, 2.45) is 5.92 Å². The van der Waals surface area contributed by atoms with Gasteiger partial charge in [0.05, 0.1) is 24.8 Å². The molecule has 0 unspecified atom stereocenters. The van der Waals surface area contributed by atoms with E-state index in [1.807, 2.05) is 66.7 Å². The maximum atomic E-state index is 13.0. The first-order valence-corrected chi connectivity index (χ1v) is 9.41. The molecule has 1 atom stereocenters. The third-order valence-electron chi connectivity index (χ3n) is 5.06. The van der Waals surface area contributed by atoms with Crippen molar-refractivity contribution in [1.29, 1.82) is 0 Å². The maximum Gasteiger partial charge on any atom is 0.226 e. The minimum Gasteiger partial charge on any atom is -0.467 e. The molecule has 2 amide bonds. The standard InChI is InChI=1S/C23H22N2O3/c26-21-14-19(15-25(21)16-20-12-7-13-28-20)23(27)24-22(17-8-3-1-4-9-17)18-10-5-2-6-11-18/h1-13,19,22H,14-16H2,(H,24,27)/t19-/m0/s1. The van der Waals surface area contributed by atoms with E-state index in [4.69, 9.17) is 4.42 Å². The van der Waals surface area contributed by atoms with Crippen LogP contribution in [0.3, 0.4) is 0 Å². The lowest BCUT2D eigenvalue weighted by atomic mass is 9.97. The molecule has 2 heterocycles. The SMILES string of the molecule is O=C(NC(c1ccccc1)c1ccccc1)[C@H]1CC(=O)N(Cc2ccco2)C1. The monoisotopic (exact) mass is 374 g/mol. The summed E-state index contributed by atoms with van der Waals surface area (Å²) in [5, 5.41) is 3.15. The average molecular weight is 374 g/mol. The number of likely N-dealkylation sites (tertiary alicyclic amines) is 1. The molecule has 0 saturated carbocycles. The van der Waals surface area contributed by atoms with E-state index in [0.29, 0.717) is 13.1 Å². The van der Waals surface area contributed by atoms with Gasteiger partial charge in [0.15, 0.2) is 0 Å². The summed E-state index contributed by atoms with van der Waals surface area (Å²) < 4.78 is 5.33. The molecule has 0 bridgehead atoms. The molecule has 0 radical (unpaired) electrons. The molecule has 1 aliphatic rings. The van der Waals surface area contributed by atoms with Gasteiger partial charge in [-0.1, -0.05) is 60.7 Å². The van der Waals surface area contributed by atoms with Gasteiger partial charge in [0.2, 0.25) is 11.8 Å². The van der Waals surface area contributed by atoms with Gasteiger partial charge in [0.1, 0.15) is 5.76 Å². The summed E-state index contributed by atoms with van der Waals surface area (Å²) in [6, 6.07) is 23.1. The molecular weight excluding hydrogens is 352 g/mol. The number of nitrogens with zero attached hydrogens (tertiary/aromatic N) is 1. The van der Waals surface area contributed by atoms with Gasteiger partial charge in [-0.15, -0.1) is 0 Å². The molecule has 1 saturated heterocycles. The molecule has 142 valence electrons. The first-order valence-electron chi connectivity index (χ1n) is 9.41. The summed E-state index contributed by atoms with van der Waals surface area (Å²) >= 11 is 0. The first-order chi connectivity index (χ1) is 13.7. The summed E-state index contributed by atoms with van der Waals surface area (Å²) in [6.45, 7) is 0.804. The molecule has 0 aliphatic carbocycles. The van der Waals surface area contributed by atoms with E-state index in [9.17, 15) is 9.59 Å². The van der Waals surface area contributed by atoms with Crippen LogP contribution in [0.15, 0.2) is 83.5 Å². The van der Waals surface area contributed by atoms with Gasteiger partial charge in [-0.2, -0.15) is 0 Å². The van der Waals surface area contributed by atoms with Crippen molar-refractivity contribution in [3.63, 3.8) is 0 Å². The second kappa shape index (κ2) is 8.13. The number of nitrogens with one attached hydrogen (secondary N) is 1. The highest BCUT2D eigenvalue weighted by atomic mass is 16.3. The molecular formula is C23H22N2O3. The number of furan rings is 1. The normalized spacial score (nSPS) is 16.5. The van der Waals surface area contributed by atoms with E-state index in [1.54, 1.807) is 17.2 Å². The highest BCUT2D eigenvalue weighted by Crippen LogP contribution is 2.25. The largest absolute Gasteiger partial charge is 0.467 e. The van der Waals surface area contributed by atoms with Gasteiger partial charge in [-0.3, -0.25) is 9.59 Å². The Hall–Kier alpha value is -3.34. The summed E-state index contributed by atoms with van der Waals surface area (Å²) in [5.74, 6) is 0.235. The summed E-state index contributed by atoms with van der Waals surface area (Å²) in [4.78, 5) is 27.0. The minimum atomic E-state index is -0.364. The quantitative estimate of drug-likeness (QED) is 0.718. The number of benzene rings is 2. The molecule has 1 aromatic heterocycles. The van der Waals surface area contributed by atoms with Crippen LogP contribution in [0.25, 0.3) is 0 Å². The third kappa shape index (κ3) is 3.98. The second-order valence-corrected chi connectivity index (χ2v) is 7.02. The fourth-order valence-electron chi connectivity index (χ4n) is 3.60. The fourth-order valence-corrected chi connectivity index (χ4v) is 3.60. The van der Waals surface area contributed by atoms with Crippen LogP contribution in [0.1, 0.15) is 29.3 Å². The van der Waals surface area contributed by atoms with E-state index < -0.39 is 0 Å². The highest BCUT2D eigenvalue weighted by Gasteiger charge is 2.35. The zero-order valence-electron chi connectivity index (χ0n) is 15.5. The number of carbonyl (C=O) groups excluding carboxylic acids is 2. The number of rotatable bonds is 6. The third-order valence-corrected chi connectivity index (χ3v) is 5.06. The smallest absolute Gasteiger partial charge is 0.226 e. The Kier molecular flexibility index (Phi) is 5.24. The summed E-state index contributed by atoms with van der Waals surface area (Å²) in [7, 11) is 0. The molecule has 28 heavy (non-hydrogen) atoms. The Morgan fingerprint density at radius 3 is 2.21 bits per heavy atom. The zero-order valence-corrected chi connectivity index (χ0v) is 15.5. The Morgan fingerprint density at radius 2 is 1.64 bits per heavy atom. The number of hydrogen-bond donors (Lipinski definition) is 1. The number of carbonyl (C=O) groups is 2. The number of hydrogen-bond acceptors (Lipinski definition) is 3. The first kappa shape index (κ1) is 18.0. The van der Waals surface area contributed by atoms with Gasteiger partial charge in [-0.25, -0.2) is 0 Å². The van der Waals surface area contributed by atoms with Crippen LogP contribution in [0.5, 0.6) is 0 Å². The van der Waals surface area contributed by atoms with Crippen LogP contribution in [0, 0.1) is 5.92 Å². The van der Waals surface area contributed by atoms with Crippen molar-refractivity contribution in [3.8, 4) is 0 Å². The van der Waals surface area contributed by atoms with E-state index in [2.05, 4.69) is 5.32 Å². The van der Waals surface area contributed by atoms with Crippen LogP contribution in [0.2, 0.25) is 0 Å². The Balaban J connectivity index is 1.48. The molecule has 5 heteroatoms. The van der Waals surface area contributed by atoms with E-state index >= 15 is 0 Å². The molecule has 1 N–H and O–H groups in total. The lowest BCUT2D eigenvalue weighted by Crippen LogP contribution is -2.36. The predicted molar refractivity (Wildman–Crippen MR) is 105 cm³/mol. The molecule has 1 fully saturated rings. The van der Waals surface area contributed by atoms with Gasteiger partial charge in [0.25, 0.3) is 0 Å². The molecule has 4 rings (SSSR count). The van der Waals surface area contributed by atoms with Crippen LogP contribution >= 0.6 is 0 Å². The Bertz CT molecular complexity index is 884. The topological polar surface area (TPSA) is 62.6 Å². The lowest BCUT2D eigenvalue weighted by molar-refractivity contribution is -0.129. The highest BCUT2D eigenvalue weighted by molar-refractivity contribution is 5.89. The maximum absolute atomic E-state index is 13.0. The van der Waals surface area contributed by atoms with Crippen LogP contribution in [-0.2, 0) is 16.1 Å². The number of amides is 2. The van der Waals surface area contributed by atoms with E-state index in [1.165, 1.54) is 0 Å². The van der Waals surface area contributed by atoms with Crippen molar-refractivity contribution in [2.45, 2.75) is 19.0 Å². The van der Waals surface area contributed by atoms with Crippen molar-refractivity contribution >= 4 is 11.8 Å². The molecule has 3 aromatic rings. The van der Waals surface area contributed by atoms with Crippen molar-refractivity contribution < 1.29 is 14.0 Å². The minimum absolute atomic E-state index is 0.0208. The Labute approximate surface area is 164 Å². The second-order valence-electron chi connectivity index (χ2n) is 7.02. The predicted octanol–water partition coefficient (Wildman–Crippen LogP) is 3.53. The van der Waals surface area contributed by atoms with Crippen molar-refractivity contribution in [1.82, 2.24) is 10.2 Å². The van der Waals surface area contributed by atoms with Gasteiger partial charge >= 0.3 is 0 Å². The van der Waals surface area contributed by atoms with Gasteiger partial charge < -0.3 is 14.6 Å². The van der Waals surface area contributed by atoms with Crippen LogP contribution in [-0.4, -0.2) is 23.3 Å². The summed E-state index contributed by atoms with van der Waals surface area (Å²) in [5.41, 5.74) is 2.03. The average Bonchev–Trinajstić information content (AvgIpc) is 3.38. The van der Waals surface area contributed by atoms with Crippen molar-refractivity contribution in [2.75, 3.05) is 6.54 Å². The summed E-state index contributed by atoms with van der Waals surface area (Å²) in [6.07, 6.45) is 1.81. The molecule has 1 aliphatic heterocycles. The van der Waals surface area contributed by atoms with Crippen molar-refractivity contribution in [3.05, 3.63) is 95.9 Å². The molecule has 0 spiro atoms. The molecule has 2 aromatic carbocycles. The Morgan fingerprint density at radius 1 is 1.00 bits per heavy atom. The van der Waals surface area contributed by atoms with Gasteiger partial charge in [0, 0.05) is 13.0 Å². The van der Waals surface area contributed by atoms with E-state index in [0.717, 1.165) is 16.9 Å². The molecule has 5 nitrogen and oxygen atoms in total. The van der Waals surface area contributed by atoms with Gasteiger partial charge in [-0.05, 0) is 23.3 Å². The fraction of sp³-hybridized carbons (Fsp3) is 0.217. The van der Waals surface area contributed by atoms with Crippen LogP contribution < -0.4 is 5.32 Å². The zero-order chi connectivity index (χ0) is 19.3. The van der Waals surface area contributed by atoms with E-state index in [-0.39, 0.29) is 30.2 Å². The van der Waals surface area contributed by atoms with Crippen LogP contribution in [0.4, 0.5) is 0 Å².